The Morgan fingerprint density at radius 3 is 2.90 bits per heavy atom. The molecule has 0 saturated carbocycles. The minimum atomic E-state index is -0.365. The highest BCUT2D eigenvalue weighted by molar-refractivity contribution is 5.85. The number of pyridine rings is 1. The molecule has 1 aromatic heterocycles. The lowest BCUT2D eigenvalue weighted by molar-refractivity contribution is 0.110. The molecular formula is C16H18N2O3. The smallest absolute Gasteiger partial charge is 0.391 e. The van der Waals surface area contributed by atoms with Crippen LogP contribution in [0.5, 0.6) is 5.88 Å². The van der Waals surface area contributed by atoms with Crippen LogP contribution >= 0.6 is 0 Å². The van der Waals surface area contributed by atoms with Crippen LogP contribution in [0.15, 0.2) is 18.2 Å². The number of hydrogen-bond acceptors (Lipinski definition) is 4. The minimum absolute atomic E-state index is 0.365. The van der Waals surface area contributed by atoms with E-state index in [1.165, 1.54) is 5.56 Å². The number of aromatic nitrogens is 1. The van der Waals surface area contributed by atoms with Gasteiger partial charge in [0.1, 0.15) is 0 Å². The molecule has 0 aliphatic carbocycles. The molecule has 1 aliphatic heterocycles. The standard InChI is InChI=1S/C16H18N2O3/c1-10-6-11(2)14-12(7-10)8-13-9-18(4-5-20-3)16(19)21-15(13)17-14/h6-8H,4-5,9H2,1-3H3. The molecule has 0 unspecified atom stereocenters. The Labute approximate surface area is 123 Å². The highest BCUT2D eigenvalue weighted by Crippen LogP contribution is 2.29. The molecule has 0 saturated heterocycles. The Morgan fingerprint density at radius 1 is 1.33 bits per heavy atom. The van der Waals surface area contributed by atoms with Crippen molar-refractivity contribution in [1.82, 2.24) is 9.88 Å². The first-order valence-electron chi connectivity index (χ1n) is 6.95. The Hall–Kier alpha value is -2.14. The maximum Gasteiger partial charge on any atom is 0.416 e. The lowest BCUT2D eigenvalue weighted by atomic mass is 10.0. The molecule has 21 heavy (non-hydrogen) atoms. The summed E-state index contributed by atoms with van der Waals surface area (Å²) >= 11 is 0. The molecule has 0 radical (unpaired) electrons. The van der Waals surface area contributed by atoms with Crippen LogP contribution in [0.25, 0.3) is 10.9 Å². The third kappa shape index (κ3) is 2.56. The van der Waals surface area contributed by atoms with Crippen molar-refractivity contribution in [2.75, 3.05) is 20.3 Å². The summed E-state index contributed by atoms with van der Waals surface area (Å²) in [6.45, 7) is 5.60. The van der Waals surface area contributed by atoms with Crippen LogP contribution in [-0.2, 0) is 11.3 Å². The molecule has 0 fully saturated rings. The molecular weight excluding hydrogens is 268 g/mol. The van der Waals surface area contributed by atoms with Crippen molar-refractivity contribution in [3.63, 3.8) is 0 Å². The fourth-order valence-corrected chi connectivity index (χ4v) is 2.67. The highest BCUT2D eigenvalue weighted by atomic mass is 16.6. The van der Waals surface area contributed by atoms with Gasteiger partial charge in [-0.2, -0.15) is 0 Å². The molecule has 110 valence electrons. The number of ether oxygens (including phenoxy) is 2. The number of hydrogen-bond donors (Lipinski definition) is 0. The number of amides is 1. The molecule has 1 aliphatic rings. The molecule has 3 rings (SSSR count). The van der Waals surface area contributed by atoms with E-state index in [2.05, 4.69) is 30.1 Å². The second-order valence-corrected chi connectivity index (χ2v) is 5.39. The molecule has 0 bridgehead atoms. The topological polar surface area (TPSA) is 51.7 Å². The van der Waals surface area contributed by atoms with Crippen LogP contribution in [-0.4, -0.2) is 36.2 Å². The molecule has 0 N–H and O–H groups in total. The van der Waals surface area contributed by atoms with Crippen LogP contribution in [0.1, 0.15) is 16.7 Å². The van der Waals surface area contributed by atoms with Crippen LogP contribution in [0.4, 0.5) is 4.79 Å². The largest absolute Gasteiger partial charge is 0.416 e. The lowest BCUT2D eigenvalue weighted by Crippen LogP contribution is -2.39. The number of rotatable bonds is 3. The molecule has 1 amide bonds. The van der Waals surface area contributed by atoms with Crippen LogP contribution in [0.2, 0.25) is 0 Å². The van der Waals surface area contributed by atoms with Gasteiger partial charge < -0.3 is 14.4 Å². The van der Waals surface area contributed by atoms with E-state index < -0.39 is 0 Å². The second kappa shape index (κ2) is 5.33. The Bertz CT molecular complexity index is 712. The first kappa shape index (κ1) is 13.8. The van der Waals surface area contributed by atoms with Crippen molar-refractivity contribution in [3.05, 3.63) is 34.9 Å². The first-order valence-corrected chi connectivity index (χ1v) is 6.95. The van der Waals surface area contributed by atoms with E-state index in [1.807, 2.05) is 6.92 Å². The molecule has 5 heteroatoms. The summed E-state index contributed by atoms with van der Waals surface area (Å²) in [4.78, 5) is 18.1. The highest BCUT2D eigenvalue weighted by Gasteiger charge is 2.26. The van der Waals surface area contributed by atoms with Crippen LogP contribution < -0.4 is 4.74 Å². The van der Waals surface area contributed by atoms with Crippen molar-refractivity contribution >= 4 is 17.0 Å². The van der Waals surface area contributed by atoms with Crippen molar-refractivity contribution in [3.8, 4) is 5.88 Å². The third-order valence-corrected chi connectivity index (χ3v) is 3.66. The van der Waals surface area contributed by atoms with Gasteiger partial charge in [0.2, 0.25) is 5.88 Å². The van der Waals surface area contributed by atoms with Crippen LogP contribution in [0.3, 0.4) is 0 Å². The fraction of sp³-hybridized carbons (Fsp3) is 0.375. The van der Waals surface area contributed by atoms with Crippen molar-refractivity contribution < 1.29 is 14.3 Å². The van der Waals surface area contributed by atoms with Crippen molar-refractivity contribution in [2.45, 2.75) is 20.4 Å². The molecule has 0 atom stereocenters. The Morgan fingerprint density at radius 2 is 2.14 bits per heavy atom. The van der Waals surface area contributed by atoms with Gasteiger partial charge in [-0.1, -0.05) is 11.6 Å². The summed E-state index contributed by atoms with van der Waals surface area (Å²) in [7, 11) is 1.61. The van der Waals surface area contributed by atoms with Gasteiger partial charge in [0.15, 0.2) is 0 Å². The number of benzene rings is 1. The zero-order valence-corrected chi connectivity index (χ0v) is 12.5. The van der Waals surface area contributed by atoms with Gasteiger partial charge in [-0.05, 0) is 31.5 Å². The van der Waals surface area contributed by atoms with E-state index >= 15 is 0 Å². The van der Waals surface area contributed by atoms with E-state index in [4.69, 9.17) is 9.47 Å². The predicted molar refractivity (Wildman–Crippen MR) is 79.5 cm³/mol. The van der Waals surface area contributed by atoms with Gasteiger partial charge in [0.05, 0.1) is 18.7 Å². The summed E-state index contributed by atoms with van der Waals surface area (Å²) in [6, 6.07) is 6.24. The van der Waals surface area contributed by atoms with Crippen molar-refractivity contribution in [1.29, 1.82) is 0 Å². The monoisotopic (exact) mass is 286 g/mol. The van der Waals surface area contributed by atoms with E-state index in [0.29, 0.717) is 25.6 Å². The molecule has 0 spiro atoms. The number of methoxy groups -OCH3 is 1. The summed E-state index contributed by atoms with van der Waals surface area (Å²) in [6.07, 6.45) is -0.365. The quantitative estimate of drug-likeness (QED) is 0.870. The molecule has 2 aromatic rings. The lowest BCUT2D eigenvalue weighted by Gasteiger charge is -2.27. The average molecular weight is 286 g/mol. The summed E-state index contributed by atoms with van der Waals surface area (Å²) < 4.78 is 10.4. The number of nitrogens with zero attached hydrogens (tertiary/aromatic N) is 2. The van der Waals surface area contributed by atoms with E-state index in [-0.39, 0.29) is 6.09 Å². The molecule has 5 nitrogen and oxygen atoms in total. The summed E-state index contributed by atoms with van der Waals surface area (Å²) in [5, 5.41) is 1.08. The van der Waals surface area contributed by atoms with E-state index in [0.717, 1.165) is 22.0 Å². The number of carbonyl (C=O) groups is 1. The average Bonchev–Trinajstić information content (AvgIpc) is 2.43. The summed E-state index contributed by atoms with van der Waals surface area (Å²) in [5.74, 6) is 0.424. The third-order valence-electron chi connectivity index (χ3n) is 3.66. The van der Waals surface area contributed by atoms with Gasteiger partial charge in [-0.3, -0.25) is 0 Å². The number of aryl methyl sites for hydroxylation is 2. The van der Waals surface area contributed by atoms with Crippen molar-refractivity contribution in [2.24, 2.45) is 0 Å². The maximum absolute atomic E-state index is 11.9. The first-order chi connectivity index (χ1) is 10.1. The van der Waals surface area contributed by atoms with Gasteiger partial charge in [0.25, 0.3) is 0 Å². The van der Waals surface area contributed by atoms with Gasteiger partial charge in [-0.15, -0.1) is 0 Å². The van der Waals surface area contributed by atoms with Crippen LogP contribution in [0, 0.1) is 13.8 Å². The normalized spacial score (nSPS) is 14.2. The molecule has 1 aromatic carbocycles. The van der Waals surface area contributed by atoms with Gasteiger partial charge in [-0.25, -0.2) is 9.78 Å². The zero-order valence-electron chi connectivity index (χ0n) is 12.5. The van der Waals surface area contributed by atoms with Gasteiger partial charge in [0, 0.05) is 24.6 Å². The van der Waals surface area contributed by atoms with E-state index in [9.17, 15) is 4.79 Å². The fourth-order valence-electron chi connectivity index (χ4n) is 2.67. The second-order valence-electron chi connectivity index (χ2n) is 5.39. The minimum Gasteiger partial charge on any atom is -0.391 e. The number of carbonyl (C=O) groups excluding carboxylic acids is 1. The molecule has 2 heterocycles. The maximum atomic E-state index is 11.9. The predicted octanol–water partition coefficient (Wildman–Crippen LogP) is 2.81. The Balaban J connectivity index is 2.02. The zero-order chi connectivity index (χ0) is 15.0. The van der Waals surface area contributed by atoms with Gasteiger partial charge >= 0.3 is 6.09 Å². The van der Waals surface area contributed by atoms with E-state index in [1.54, 1.807) is 12.0 Å². The number of fused-ring (bicyclic) bond motifs is 2. The summed E-state index contributed by atoms with van der Waals surface area (Å²) in [5.41, 5.74) is 4.11. The SMILES string of the molecule is COCCN1Cc2cc3cc(C)cc(C)c3nc2OC1=O. The Kier molecular flexibility index (Phi) is 3.51.